The van der Waals surface area contributed by atoms with Crippen molar-refractivity contribution in [1.29, 1.82) is 0 Å². The number of hydrogen-bond donors (Lipinski definition) is 1. The van der Waals surface area contributed by atoms with Crippen LogP contribution >= 0.6 is 0 Å². The smallest absolute Gasteiger partial charge is 0.354 e. The van der Waals surface area contributed by atoms with Crippen molar-refractivity contribution in [3.63, 3.8) is 0 Å². The summed E-state index contributed by atoms with van der Waals surface area (Å²) in [5.41, 5.74) is 1.87. The van der Waals surface area contributed by atoms with Gasteiger partial charge in [0.05, 0.1) is 5.69 Å². The summed E-state index contributed by atoms with van der Waals surface area (Å²) < 4.78 is 1.51. The summed E-state index contributed by atoms with van der Waals surface area (Å²) >= 11 is 0. The van der Waals surface area contributed by atoms with Crippen molar-refractivity contribution >= 4 is 16.7 Å². The van der Waals surface area contributed by atoms with E-state index in [2.05, 4.69) is 5.10 Å². The highest BCUT2D eigenvalue weighted by Gasteiger charge is 2.15. The molecule has 0 aliphatic rings. The van der Waals surface area contributed by atoms with E-state index < -0.39 is 5.97 Å². The number of carbonyl (C=O) groups is 1. The van der Waals surface area contributed by atoms with Crippen molar-refractivity contribution in [1.82, 2.24) is 9.78 Å². The molecule has 100 valence electrons. The van der Waals surface area contributed by atoms with Crippen LogP contribution in [0.3, 0.4) is 0 Å². The summed E-state index contributed by atoms with van der Waals surface area (Å²) in [7, 11) is 0. The summed E-state index contributed by atoms with van der Waals surface area (Å²) in [5, 5.41) is 15.8. The lowest BCUT2D eigenvalue weighted by molar-refractivity contribution is 0.0683. The first-order chi connectivity index (χ1) is 9.70. The van der Waals surface area contributed by atoms with Gasteiger partial charge in [-0.15, -0.1) is 0 Å². The number of fused-ring (bicyclic) bond motifs is 1. The van der Waals surface area contributed by atoms with Crippen molar-refractivity contribution in [3.8, 4) is 11.3 Å². The minimum absolute atomic E-state index is 0.218. The normalized spacial score (nSPS) is 10.8. The Labute approximate surface area is 116 Å². The van der Waals surface area contributed by atoms with Gasteiger partial charge in [0.15, 0.2) is 0 Å². The topological polar surface area (TPSA) is 55.1 Å². The minimum Gasteiger partial charge on any atom is -0.477 e. The Kier molecular flexibility index (Phi) is 2.99. The van der Waals surface area contributed by atoms with E-state index in [-0.39, 0.29) is 5.69 Å². The maximum absolute atomic E-state index is 11.2. The van der Waals surface area contributed by atoms with Crippen LogP contribution < -0.4 is 0 Å². The number of carboxylic acids is 1. The molecule has 20 heavy (non-hydrogen) atoms. The highest BCUT2D eigenvalue weighted by molar-refractivity contribution is 5.97. The van der Waals surface area contributed by atoms with Crippen LogP contribution in [0.2, 0.25) is 0 Å². The summed E-state index contributed by atoms with van der Waals surface area (Å²) in [5.74, 6) is -0.953. The molecular formula is C16H14N2O2. The second kappa shape index (κ2) is 4.81. The second-order valence-corrected chi connectivity index (χ2v) is 4.56. The first kappa shape index (κ1) is 12.4. The van der Waals surface area contributed by atoms with Crippen LogP contribution in [-0.4, -0.2) is 20.9 Å². The van der Waals surface area contributed by atoms with Crippen LogP contribution in [0.15, 0.2) is 48.5 Å². The SMILES string of the molecule is CCn1nc(-c2cccc3ccccc23)cc1C(=O)O. The standard InChI is InChI=1S/C16H14N2O2/c1-2-18-15(16(19)20)10-14(17-18)13-9-5-7-11-6-3-4-8-12(11)13/h3-10H,2H2,1H3,(H,19,20). The molecule has 0 aliphatic carbocycles. The Morgan fingerprint density at radius 1 is 1.20 bits per heavy atom. The van der Waals surface area contributed by atoms with Crippen molar-refractivity contribution in [3.05, 3.63) is 54.2 Å². The number of aromatic nitrogens is 2. The quantitative estimate of drug-likeness (QED) is 0.790. The molecule has 0 atom stereocenters. The van der Waals surface area contributed by atoms with Crippen LogP contribution in [-0.2, 0) is 6.54 Å². The van der Waals surface area contributed by atoms with Gasteiger partial charge in [-0.3, -0.25) is 4.68 Å². The van der Waals surface area contributed by atoms with Crippen LogP contribution in [0, 0.1) is 0 Å². The van der Waals surface area contributed by atoms with Crippen molar-refractivity contribution in [2.24, 2.45) is 0 Å². The number of hydrogen-bond acceptors (Lipinski definition) is 2. The van der Waals surface area contributed by atoms with E-state index in [1.54, 1.807) is 6.07 Å². The maximum atomic E-state index is 11.2. The first-order valence-electron chi connectivity index (χ1n) is 6.50. The fraction of sp³-hybridized carbons (Fsp3) is 0.125. The average molecular weight is 266 g/mol. The van der Waals surface area contributed by atoms with Crippen LogP contribution in [0.25, 0.3) is 22.0 Å². The molecule has 4 nitrogen and oxygen atoms in total. The van der Waals surface area contributed by atoms with Crippen LogP contribution in [0.4, 0.5) is 0 Å². The van der Waals surface area contributed by atoms with Gasteiger partial charge in [0.2, 0.25) is 0 Å². The summed E-state index contributed by atoms with van der Waals surface area (Å²) in [4.78, 5) is 11.2. The summed E-state index contributed by atoms with van der Waals surface area (Å²) in [6.07, 6.45) is 0. The number of aromatic carboxylic acids is 1. The minimum atomic E-state index is -0.953. The summed E-state index contributed by atoms with van der Waals surface area (Å²) in [6.45, 7) is 2.42. The molecule has 0 unspecified atom stereocenters. The molecule has 0 saturated carbocycles. The zero-order valence-electron chi connectivity index (χ0n) is 11.1. The van der Waals surface area contributed by atoms with Gasteiger partial charge in [0, 0.05) is 12.1 Å². The Morgan fingerprint density at radius 2 is 1.95 bits per heavy atom. The highest BCUT2D eigenvalue weighted by atomic mass is 16.4. The first-order valence-corrected chi connectivity index (χ1v) is 6.50. The van der Waals surface area contributed by atoms with E-state index in [0.717, 1.165) is 16.3 Å². The van der Waals surface area contributed by atoms with Gasteiger partial charge in [-0.2, -0.15) is 5.10 Å². The molecule has 2 aromatic carbocycles. The molecule has 0 amide bonds. The van der Waals surface area contributed by atoms with Gasteiger partial charge in [0.25, 0.3) is 0 Å². The molecular weight excluding hydrogens is 252 g/mol. The fourth-order valence-electron chi connectivity index (χ4n) is 2.41. The predicted octanol–water partition coefficient (Wildman–Crippen LogP) is 3.42. The third kappa shape index (κ3) is 1.95. The van der Waals surface area contributed by atoms with E-state index in [9.17, 15) is 9.90 Å². The van der Waals surface area contributed by atoms with E-state index in [1.165, 1.54) is 4.68 Å². The molecule has 0 radical (unpaired) electrons. The molecule has 1 heterocycles. The second-order valence-electron chi connectivity index (χ2n) is 4.56. The highest BCUT2D eigenvalue weighted by Crippen LogP contribution is 2.28. The maximum Gasteiger partial charge on any atom is 0.354 e. The van der Waals surface area contributed by atoms with Gasteiger partial charge in [-0.25, -0.2) is 4.79 Å². The Bertz CT molecular complexity index is 785. The third-order valence-corrected chi connectivity index (χ3v) is 3.36. The van der Waals surface area contributed by atoms with Gasteiger partial charge >= 0.3 is 5.97 Å². The monoisotopic (exact) mass is 266 g/mol. The van der Waals surface area contributed by atoms with Crippen molar-refractivity contribution < 1.29 is 9.90 Å². The molecule has 1 N–H and O–H groups in total. The van der Waals surface area contributed by atoms with Gasteiger partial charge in [-0.05, 0) is 23.8 Å². The average Bonchev–Trinajstić information content (AvgIpc) is 2.91. The number of rotatable bonds is 3. The molecule has 1 aromatic heterocycles. The third-order valence-electron chi connectivity index (χ3n) is 3.36. The largest absolute Gasteiger partial charge is 0.477 e. The van der Waals surface area contributed by atoms with Crippen molar-refractivity contribution in [2.75, 3.05) is 0 Å². The summed E-state index contributed by atoms with van der Waals surface area (Å²) in [6, 6.07) is 15.6. The van der Waals surface area contributed by atoms with E-state index in [0.29, 0.717) is 12.2 Å². The zero-order valence-corrected chi connectivity index (χ0v) is 11.1. The lowest BCUT2D eigenvalue weighted by Gasteiger charge is -2.03. The molecule has 0 saturated heterocycles. The molecule has 3 rings (SSSR count). The Hall–Kier alpha value is -2.62. The fourth-order valence-corrected chi connectivity index (χ4v) is 2.41. The van der Waals surface area contributed by atoms with Crippen molar-refractivity contribution in [2.45, 2.75) is 13.5 Å². The van der Waals surface area contributed by atoms with E-state index >= 15 is 0 Å². The number of nitrogens with zero attached hydrogens (tertiary/aromatic N) is 2. The van der Waals surface area contributed by atoms with Crippen LogP contribution in [0.1, 0.15) is 17.4 Å². The lowest BCUT2D eigenvalue weighted by atomic mass is 10.0. The molecule has 0 spiro atoms. The van der Waals surface area contributed by atoms with E-state index in [1.807, 2.05) is 49.4 Å². The predicted molar refractivity (Wildman–Crippen MR) is 77.8 cm³/mol. The molecule has 0 bridgehead atoms. The lowest BCUT2D eigenvalue weighted by Crippen LogP contribution is -2.08. The number of carboxylic acid groups (broad SMARTS) is 1. The molecule has 3 aromatic rings. The Balaban J connectivity index is 2.23. The molecule has 4 heteroatoms. The van der Waals surface area contributed by atoms with Gasteiger partial charge < -0.3 is 5.11 Å². The van der Waals surface area contributed by atoms with Gasteiger partial charge in [0.1, 0.15) is 5.69 Å². The molecule has 0 aliphatic heterocycles. The van der Waals surface area contributed by atoms with E-state index in [4.69, 9.17) is 0 Å². The zero-order chi connectivity index (χ0) is 14.1. The van der Waals surface area contributed by atoms with Gasteiger partial charge in [-0.1, -0.05) is 42.5 Å². The number of aryl methyl sites for hydroxylation is 1. The number of benzene rings is 2. The Morgan fingerprint density at radius 3 is 2.65 bits per heavy atom. The molecule has 0 fully saturated rings. The van der Waals surface area contributed by atoms with Crippen LogP contribution in [0.5, 0.6) is 0 Å².